The summed E-state index contributed by atoms with van der Waals surface area (Å²) in [5.41, 5.74) is 5.92. The fourth-order valence-corrected chi connectivity index (χ4v) is 12.2. The lowest BCUT2D eigenvalue weighted by Crippen LogP contribution is -2.19. The lowest BCUT2D eigenvalue weighted by atomic mass is 9.71. The number of carboxylic acid groups (broad SMARTS) is 1. The highest BCUT2D eigenvalue weighted by Gasteiger charge is 2.33. The predicted octanol–water partition coefficient (Wildman–Crippen LogP) is 12.8. The number of carbonyl (C=O) groups is 1. The van der Waals surface area contributed by atoms with Gasteiger partial charge in [-0.1, -0.05) is 106 Å². The second kappa shape index (κ2) is 14.4. The van der Waals surface area contributed by atoms with Crippen LogP contribution >= 0.6 is 10.0 Å². The van der Waals surface area contributed by atoms with Crippen molar-refractivity contribution in [2.75, 3.05) is 6.26 Å². The maximum atomic E-state index is 13.0. The van der Waals surface area contributed by atoms with Gasteiger partial charge in [-0.05, 0) is 148 Å². The zero-order valence-electron chi connectivity index (χ0n) is 28.2. The molecule has 3 heteroatoms. The molecule has 0 bridgehead atoms. The summed E-state index contributed by atoms with van der Waals surface area (Å²) < 4.78 is 0. The van der Waals surface area contributed by atoms with Crippen LogP contribution in [0.2, 0.25) is 0 Å². The van der Waals surface area contributed by atoms with Crippen molar-refractivity contribution in [3.05, 3.63) is 125 Å². The molecule has 3 aliphatic rings. The SMILES string of the molecule is CS(c1ccccc1)(c1ccccc1)c1cccc(C2CCCC(c3cc(C4CCCCC4)c(C(=O)O)c(C4CCCCC4)c3)C2)c1. The molecule has 3 fully saturated rings. The van der Waals surface area contributed by atoms with Crippen molar-refractivity contribution in [3.8, 4) is 0 Å². The van der Waals surface area contributed by atoms with Crippen molar-refractivity contribution >= 4 is 16.0 Å². The van der Waals surface area contributed by atoms with Crippen molar-refractivity contribution in [1.29, 1.82) is 0 Å². The summed E-state index contributed by atoms with van der Waals surface area (Å²) >= 11 is 0. The fraction of sp³-hybridized carbons (Fsp3) is 0.432. The topological polar surface area (TPSA) is 37.3 Å². The smallest absolute Gasteiger partial charge is 0.336 e. The number of aromatic carboxylic acids is 1. The predicted molar refractivity (Wildman–Crippen MR) is 197 cm³/mol. The molecule has 1 N–H and O–H groups in total. The first-order valence-electron chi connectivity index (χ1n) is 18.4. The fourth-order valence-electron chi connectivity index (χ4n) is 9.28. The molecule has 0 amide bonds. The molecule has 0 saturated heterocycles. The summed E-state index contributed by atoms with van der Waals surface area (Å²) in [7, 11) is -1.41. The zero-order chi connectivity index (χ0) is 32.2. The molecule has 0 radical (unpaired) electrons. The van der Waals surface area contributed by atoms with Gasteiger partial charge in [-0.15, -0.1) is 0 Å². The molecular weight excluding hydrogens is 593 g/mol. The van der Waals surface area contributed by atoms with Crippen LogP contribution in [0.15, 0.2) is 112 Å². The van der Waals surface area contributed by atoms with Gasteiger partial charge in [0, 0.05) is 0 Å². The maximum Gasteiger partial charge on any atom is 0.336 e. The summed E-state index contributed by atoms with van der Waals surface area (Å²) in [4.78, 5) is 17.2. The molecule has 0 spiro atoms. The van der Waals surface area contributed by atoms with Crippen molar-refractivity contribution in [2.24, 2.45) is 0 Å². The minimum Gasteiger partial charge on any atom is -0.478 e. The van der Waals surface area contributed by atoms with Crippen LogP contribution < -0.4 is 0 Å². The van der Waals surface area contributed by atoms with Gasteiger partial charge >= 0.3 is 5.97 Å². The Kier molecular flexibility index (Phi) is 9.91. The Balaban J connectivity index is 1.24. The van der Waals surface area contributed by atoms with E-state index in [-0.39, 0.29) is 0 Å². The molecule has 4 aromatic carbocycles. The van der Waals surface area contributed by atoms with E-state index >= 15 is 0 Å². The van der Waals surface area contributed by atoms with E-state index in [4.69, 9.17) is 0 Å². The van der Waals surface area contributed by atoms with Crippen molar-refractivity contribution in [2.45, 2.75) is 128 Å². The Hall–Kier alpha value is -3.30. The average Bonchev–Trinajstić information content (AvgIpc) is 3.15. The van der Waals surface area contributed by atoms with Gasteiger partial charge < -0.3 is 5.11 Å². The third-order valence-corrected chi connectivity index (χ3v) is 15.5. The van der Waals surface area contributed by atoms with Gasteiger partial charge in [-0.25, -0.2) is 4.79 Å². The first-order chi connectivity index (χ1) is 23.0. The second-order valence-corrected chi connectivity index (χ2v) is 18.0. The summed E-state index contributed by atoms with van der Waals surface area (Å²) in [6.45, 7) is 0. The van der Waals surface area contributed by atoms with E-state index in [1.807, 2.05) is 0 Å². The largest absolute Gasteiger partial charge is 0.478 e. The second-order valence-electron chi connectivity index (χ2n) is 14.7. The van der Waals surface area contributed by atoms with E-state index in [2.05, 4.69) is 103 Å². The molecule has 246 valence electrons. The van der Waals surface area contributed by atoms with Crippen molar-refractivity contribution in [1.82, 2.24) is 0 Å². The van der Waals surface area contributed by atoms with Crippen LogP contribution in [0.4, 0.5) is 0 Å². The third-order valence-electron chi connectivity index (χ3n) is 11.9. The van der Waals surface area contributed by atoms with Gasteiger partial charge in [0.05, 0.1) is 5.56 Å². The van der Waals surface area contributed by atoms with E-state index in [0.717, 1.165) is 32.1 Å². The van der Waals surface area contributed by atoms with Crippen LogP contribution in [-0.2, 0) is 0 Å². The molecule has 0 aromatic heterocycles. The minimum absolute atomic E-state index is 0.393. The van der Waals surface area contributed by atoms with Gasteiger partial charge in [0.2, 0.25) is 0 Å². The van der Waals surface area contributed by atoms with E-state index < -0.39 is 16.0 Å². The van der Waals surface area contributed by atoms with Gasteiger partial charge in [-0.2, -0.15) is 10.0 Å². The van der Waals surface area contributed by atoms with Crippen LogP contribution in [0, 0.1) is 0 Å². The van der Waals surface area contributed by atoms with Gasteiger partial charge in [0.25, 0.3) is 0 Å². The minimum atomic E-state index is -1.41. The number of hydrogen-bond donors (Lipinski definition) is 1. The molecule has 2 atom stereocenters. The highest BCUT2D eigenvalue weighted by Crippen LogP contribution is 2.65. The summed E-state index contributed by atoms with van der Waals surface area (Å²) in [6.07, 6.45) is 19.3. The first-order valence-corrected chi connectivity index (χ1v) is 20.5. The van der Waals surface area contributed by atoms with Gasteiger partial charge in [-0.3, -0.25) is 0 Å². The van der Waals surface area contributed by atoms with E-state index in [0.29, 0.717) is 29.2 Å². The monoisotopic (exact) mass is 644 g/mol. The van der Waals surface area contributed by atoms with Crippen molar-refractivity contribution < 1.29 is 9.90 Å². The summed E-state index contributed by atoms with van der Waals surface area (Å²) in [5, 5.41) is 10.7. The average molecular weight is 645 g/mol. The summed E-state index contributed by atoms with van der Waals surface area (Å²) in [6, 6.07) is 36.5. The van der Waals surface area contributed by atoms with Gasteiger partial charge in [0.1, 0.15) is 0 Å². The van der Waals surface area contributed by atoms with Gasteiger partial charge in [0.15, 0.2) is 0 Å². The highest BCUT2D eigenvalue weighted by atomic mass is 32.3. The molecule has 3 saturated carbocycles. The van der Waals surface area contributed by atoms with Crippen LogP contribution in [0.3, 0.4) is 0 Å². The maximum absolute atomic E-state index is 13.0. The Labute approximate surface area is 284 Å². The highest BCUT2D eigenvalue weighted by molar-refractivity contribution is 8.33. The first kappa shape index (κ1) is 32.3. The molecule has 2 nitrogen and oxygen atoms in total. The third kappa shape index (κ3) is 6.71. The number of hydrogen-bond acceptors (Lipinski definition) is 1. The van der Waals surface area contributed by atoms with Crippen LogP contribution in [-0.4, -0.2) is 17.3 Å². The number of benzene rings is 4. The molecule has 7 rings (SSSR count). The lowest BCUT2D eigenvalue weighted by molar-refractivity contribution is 0.0692. The van der Waals surface area contributed by atoms with E-state index in [1.54, 1.807) is 0 Å². The normalized spacial score (nSPS) is 21.7. The van der Waals surface area contributed by atoms with Crippen LogP contribution in [0.25, 0.3) is 0 Å². The lowest BCUT2D eigenvalue weighted by Gasteiger charge is -2.38. The Morgan fingerprint density at radius 2 is 1.00 bits per heavy atom. The van der Waals surface area contributed by atoms with E-state index in [9.17, 15) is 9.90 Å². The summed E-state index contributed by atoms with van der Waals surface area (Å²) in [5.74, 6) is 1.08. The van der Waals surface area contributed by atoms with Crippen LogP contribution in [0.1, 0.15) is 146 Å². The van der Waals surface area contributed by atoms with Crippen LogP contribution in [0.5, 0.6) is 0 Å². The molecule has 4 aromatic rings. The molecule has 0 heterocycles. The van der Waals surface area contributed by atoms with E-state index in [1.165, 1.54) is 94.7 Å². The molecule has 2 unspecified atom stereocenters. The molecule has 3 aliphatic carbocycles. The Bertz CT molecular complexity index is 1570. The molecule has 0 aliphatic heterocycles. The Morgan fingerprint density at radius 3 is 1.51 bits per heavy atom. The number of rotatable bonds is 8. The number of carboxylic acids is 1. The molecule has 47 heavy (non-hydrogen) atoms. The Morgan fingerprint density at radius 1 is 0.532 bits per heavy atom. The zero-order valence-corrected chi connectivity index (χ0v) is 29.0. The molecular formula is C44H52O2S. The van der Waals surface area contributed by atoms with Crippen molar-refractivity contribution in [3.63, 3.8) is 0 Å². The quantitative estimate of drug-likeness (QED) is 0.207. The standard InChI is InChI=1S/C44H52O2S/c1-47(38-23-10-4-11-24-38,39-25-12-5-13-26-39)40-27-15-22-36(29-40)34-20-14-21-35(28-34)37-30-41(32-16-6-2-7-17-32)43(44(45)46)42(31-37)33-18-8-3-9-19-33/h4-5,10-13,15,22-27,29-35H,2-3,6-9,14,16-21,28H2,1H3,(H,45,46).